The van der Waals surface area contributed by atoms with Gasteiger partial charge in [0, 0.05) is 11.1 Å². The molecule has 1 aliphatic heterocycles. The van der Waals surface area contributed by atoms with Gasteiger partial charge in [0.2, 0.25) is 16.3 Å². The van der Waals surface area contributed by atoms with Crippen LogP contribution in [0.4, 0.5) is 0 Å². The first-order valence-corrected chi connectivity index (χ1v) is 9.75. The summed E-state index contributed by atoms with van der Waals surface area (Å²) in [4.78, 5) is 9.94. The summed E-state index contributed by atoms with van der Waals surface area (Å²) in [7, 11) is -3.73. The largest absolute Gasteiger partial charge is 0.489 e. The second-order valence-corrected chi connectivity index (χ2v) is 7.94. The monoisotopic (exact) mass is 395 g/mol. The highest BCUT2D eigenvalue weighted by molar-refractivity contribution is 7.89. The number of nitrogens with two attached hydrogens (primary N) is 1. The van der Waals surface area contributed by atoms with Crippen molar-refractivity contribution in [1.29, 1.82) is 0 Å². The molecule has 0 radical (unpaired) electrons. The first-order chi connectivity index (χ1) is 12.2. The van der Waals surface area contributed by atoms with Gasteiger partial charge < -0.3 is 4.74 Å². The van der Waals surface area contributed by atoms with Gasteiger partial charge >= 0.3 is 0 Å². The molecule has 1 unspecified atom stereocenters. The molecule has 1 atom stereocenters. The van der Waals surface area contributed by atoms with Crippen LogP contribution in [0.2, 0.25) is 5.02 Å². The van der Waals surface area contributed by atoms with Crippen LogP contribution in [0.3, 0.4) is 0 Å². The lowest BCUT2D eigenvalue weighted by atomic mass is 10.2. The molecule has 9 heteroatoms. The second kappa shape index (κ2) is 7.24. The predicted molar refractivity (Wildman–Crippen MR) is 98.5 cm³/mol. The third kappa shape index (κ3) is 4.16. The lowest BCUT2D eigenvalue weighted by Gasteiger charge is -2.12. The molecule has 2 aromatic carbocycles. The Morgan fingerprint density at radius 2 is 1.92 bits per heavy atom. The second-order valence-electron chi connectivity index (χ2n) is 5.98. The zero-order valence-electron chi connectivity index (χ0n) is 14.1. The molecule has 2 aromatic rings. The third-order valence-corrected chi connectivity index (χ3v) is 4.80. The van der Waals surface area contributed by atoms with Crippen molar-refractivity contribution in [3.63, 3.8) is 0 Å². The Balaban J connectivity index is 1.80. The number of hydroxylamine groups is 1. The highest BCUT2D eigenvalue weighted by atomic mass is 35.5. The maximum absolute atomic E-state index is 11.3. The molecule has 0 aliphatic carbocycles. The quantitative estimate of drug-likeness (QED) is 0.810. The fourth-order valence-electron chi connectivity index (χ4n) is 2.38. The minimum Gasteiger partial charge on any atom is -0.489 e. The number of amidine groups is 1. The van der Waals surface area contributed by atoms with E-state index in [9.17, 15) is 8.42 Å². The van der Waals surface area contributed by atoms with Crippen molar-refractivity contribution < 1.29 is 18.0 Å². The normalized spacial score (nSPS) is 17.1. The van der Waals surface area contributed by atoms with Gasteiger partial charge in [-0.1, -0.05) is 23.7 Å². The summed E-state index contributed by atoms with van der Waals surface area (Å²) in [5.41, 5.74) is 4.19. The Morgan fingerprint density at radius 3 is 2.50 bits per heavy atom. The molecule has 1 heterocycles. The van der Waals surface area contributed by atoms with Crippen LogP contribution < -0.4 is 15.4 Å². The van der Waals surface area contributed by atoms with Crippen molar-refractivity contribution in [1.82, 2.24) is 5.48 Å². The molecule has 1 aliphatic rings. The number of primary sulfonamides is 1. The van der Waals surface area contributed by atoms with E-state index in [2.05, 4.69) is 10.5 Å². The van der Waals surface area contributed by atoms with Gasteiger partial charge in [0.05, 0.1) is 16.0 Å². The van der Waals surface area contributed by atoms with Gasteiger partial charge in [-0.3, -0.25) is 0 Å². The Labute approximate surface area is 156 Å². The Morgan fingerprint density at radius 1 is 1.23 bits per heavy atom. The van der Waals surface area contributed by atoms with Crippen molar-refractivity contribution in [3.05, 3.63) is 58.6 Å². The minimum atomic E-state index is -3.73. The van der Waals surface area contributed by atoms with Crippen LogP contribution in [0, 0.1) is 0 Å². The number of hydrogen-bond donors (Lipinski definition) is 2. The summed E-state index contributed by atoms with van der Waals surface area (Å²) >= 11 is 6.25. The van der Waals surface area contributed by atoms with Crippen molar-refractivity contribution in [2.24, 2.45) is 10.1 Å². The van der Waals surface area contributed by atoms with Gasteiger partial charge in [-0.05, 0) is 44.2 Å². The minimum absolute atomic E-state index is 0.0216. The number of aliphatic imine (C=N–C) groups is 1. The average Bonchev–Trinajstić information content (AvgIpc) is 3.06. The zero-order valence-corrected chi connectivity index (χ0v) is 15.7. The molecule has 0 bridgehead atoms. The number of nitrogens with one attached hydrogen (secondary N) is 1. The van der Waals surface area contributed by atoms with Crippen LogP contribution in [0.25, 0.3) is 0 Å². The summed E-state index contributed by atoms with van der Waals surface area (Å²) in [5, 5.41) is 5.57. The van der Waals surface area contributed by atoms with Crippen LogP contribution in [-0.4, -0.2) is 20.4 Å². The van der Waals surface area contributed by atoms with Gasteiger partial charge in [0.25, 0.3) is 0 Å². The van der Waals surface area contributed by atoms with Gasteiger partial charge in [0.15, 0.2) is 5.84 Å². The van der Waals surface area contributed by atoms with E-state index < -0.39 is 16.3 Å². The van der Waals surface area contributed by atoms with Gasteiger partial charge in [-0.2, -0.15) is 0 Å². The van der Waals surface area contributed by atoms with Crippen LogP contribution in [0.15, 0.2) is 52.4 Å². The van der Waals surface area contributed by atoms with Crippen LogP contribution in [0.1, 0.15) is 31.2 Å². The van der Waals surface area contributed by atoms with E-state index in [0.29, 0.717) is 22.2 Å². The lowest BCUT2D eigenvalue weighted by Crippen LogP contribution is -2.18. The standard InChI is InChI=1S/C17H18ClN3O4S/c1-10(2)24-15-8-5-12(9-14(15)18)16-20-17(25-21-16)11-3-6-13(7-4-11)26(19,22)23/h3-10,17H,1-2H3,(H,20,21)(H2,19,22,23). The Hall–Kier alpha value is -2.13. The summed E-state index contributed by atoms with van der Waals surface area (Å²) in [5.74, 6) is 1.11. The van der Waals surface area contributed by atoms with Crippen molar-refractivity contribution >= 4 is 27.5 Å². The van der Waals surface area contributed by atoms with E-state index in [4.69, 9.17) is 26.3 Å². The molecule has 0 aromatic heterocycles. The summed E-state index contributed by atoms with van der Waals surface area (Å²) in [6.45, 7) is 3.85. The molecule has 3 N–H and O–H groups in total. The van der Waals surface area contributed by atoms with Crippen molar-refractivity contribution in [2.45, 2.75) is 31.1 Å². The molecular formula is C17H18ClN3O4S. The highest BCUT2D eigenvalue weighted by Gasteiger charge is 2.22. The van der Waals surface area contributed by atoms with E-state index in [1.54, 1.807) is 24.3 Å². The number of nitrogens with zero attached hydrogens (tertiary/aromatic N) is 1. The highest BCUT2D eigenvalue weighted by Crippen LogP contribution is 2.29. The number of halogens is 1. The first-order valence-electron chi connectivity index (χ1n) is 7.83. The van der Waals surface area contributed by atoms with E-state index in [1.807, 2.05) is 19.9 Å². The van der Waals surface area contributed by atoms with E-state index in [1.165, 1.54) is 12.1 Å². The van der Waals surface area contributed by atoms with E-state index >= 15 is 0 Å². The number of benzene rings is 2. The Kier molecular flexibility index (Phi) is 5.19. The van der Waals surface area contributed by atoms with E-state index in [0.717, 1.165) is 5.56 Å². The van der Waals surface area contributed by atoms with E-state index in [-0.39, 0.29) is 11.0 Å². The maximum Gasteiger partial charge on any atom is 0.238 e. The van der Waals surface area contributed by atoms with Crippen molar-refractivity contribution in [2.75, 3.05) is 0 Å². The van der Waals surface area contributed by atoms with Crippen LogP contribution >= 0.6 is 11.6 Å². The smallest absolute Gasteiger partial charge is 0.238 e. The number of sulfonamides is 1. The topological polar surface area (TPSA) is 103 Å². The zero-order chi connectivity index (χ0) is 18.9. The molecule has 3 rings (SSSR count). The fraction of sp³-hybridized carbons (Fsp3) is 0.235. The average molecular weight is 396 g/mol. The SMILES string of the molecule is CC(C)Oc1ccc(C2=NC(c3ccc(S(N)(=O)=O)cc3)ON2)cc1Cl. The molecule has 138 valence electrons. The summed E-state index contributed by atoms with van der Waals surface area (Å²) in [6, 6.07) is 11.4. The molecule has 0 fully saturated rings. The molecule has 0 saturated heterocycles. The number of ether oxygens (including phenoxy) is 1. The molecule has 26 heavy (non-hydrogen) atoms. The summed E-state index contributed by atoms with van der Waals surface area (Å²) < 4.78 is 28.2. The predicted octanol–water partition coefficient (Wildman–Crippen LogP) is 2.75. The molecule has 0 amide bonds. The Bertz CT molecular complexity index is 943. The number of rotatable bonds is 5. The third-order valence-electron chi connectivity index (χ3n) is 3.58. The first kappa shape index (κ1) is 18.7. The van der Waals surface area contributed by atoms with Gasteiger partial charge in [0.1, 0.15) is 5.75 Å². The summed E-state index contributed by atoms with van der Waals surface area (Å²) in [6.07, 6.45) is -0.585. The maximum atomic E-state index is 11.3. The van der Waals surface area contributed by atoms with Crippen molar-refractivity contribution in [3.8, 4) is 5.75 Å². The fourth-order valence-corrected chi connectivity index (χ4v) is 3.12. The lowest BCUT2D eigenvalue weighted by molar-refractivity contribution is 0.0376. The molecule has 0 spiro atoms. The van der Waals surface area contributed by atoms with Crippen LogP contribution in [0.5, 0.6) is 5.75 Å². The van der Waals surface area contributed by atoms with Gasteiger partial charge in [-0.15, -0.1) is 0 Å². The number of hydrogen-bond acceptors (Lipinski definition) is 6. The molecule has 0 saturated carbocycles. The van der Waals surface area contributed by atoms with Gasteiger partial charge in [-0.25, -0.2) is 28.9 Å². The molecular weight excluding hydrogens is 378 g/mol. The molecule has 7 nitrogen and oxygen atoms in total. The van der Waals surface area contributed by atoms with Crippen LogP contribution in [-0.2, 0) is 14.9 Å².